The van der Waals surface area contributed by atoms with Crippen molar-refractivity contribution < 1.29 is 0 Å². The second kappa shape index (κ2) is 4.42. The molecule has 15 heavy (non-hydrogen) atoms. The summed E-state index contributed by atoms with van der Waals surface area (Å²) in [6, 6.07) is 0. The van der Waals surface area contributed by atoms with E-state index in [1.54, 1.807) is 0 Å². The SMILES string of the molecule is CCCCC(N)(N)C1CC2CCC1CC2. The van der Waals surface area contributed by atoms with Crippen LogP contribution in [0.25, 0.3) is 0 Å². The van der Waals surface area contributed by atoms with E-state index in [1.807, 2.05) is 0 Å². The average Bonchev–Trinajstić information content (AvgIpc) is 2.28. The lowest BCUT2D eigenvalue weighted by atomic mass is 9.60. The van der Waals surface area contributed by atoms with Gasteiger partial charge in [0.15, 0.2) is 0 Å². The van der Waals surface area contributed by atoms with Crippen molar-refractivity contribution in [3.8, 4) is 0 Å². The Balaban J connectivity index is 1.97. The highest BCUT2D eigenvalue weighted by Gasteiger charge is 2.43. The van der Waals surface area contributed by atoms with Crippen LogP contribution < -0.4 is 11.5 Å². The Hall–Kier alpha value is -0.0800. The van der Waals surface area contributed by atoms with Crippen molar-refractivity contribution in [3.63, 3.8) is 0 Å². The van der Waals surface area contributed by atoms with Gasteiger partial charge in [0, 0.05) is 0 Å². The van der Waals surface area contributed by atoms with Gasteiger partial charge in [0.25, 0.3) is 0 Å². The minimum Gasteiger partial charge on any atom is -0.313 e. The molecular weight excluding hydrogens is 184 g/mol. The molecule has 88 valence electrons. The van der Waals surface area contributed by atoms with Crippen molar-refractivity contribution in [2.45, 2.75) is 64.0 Å². The number of rotatable bonds is 4. The van der Waals surface area contributed by atoms with Gasteiger partial charge in [-0.3, -0.25) is 0 Å². The van der Waals surface area contributed by atoms with Gasteiger partial charge in [-0.1, -0.05) is 32.6 Å². The van der Waals surface area contributed by atoms with Gasteiger partial charge in [-0.15, -0.1) is 0 Å². The minimum absolute atomic E-state index is 0.375. The smallest absolute Gasteiger partial charge is 0.0668 e. The molecule has 2 bridgehead atoms. The summed E-state index contributed by atoms with van der Waals surface area (Å²) in [7, 11) is 0. The minimum atomic E-state index is -0.375. The fraction of sp³-hybridized carbons (Fsp3) is 1.00. The highest BCUT2D eigenvalue weighted by molar-refractivity contribution is 4.96. The third-order valence-electron chi connectivity index (χ3n) is 4.70. The Bertz CT molecular complexity index is 205. The van der Waals surface area contributed by atoms with Crippen LogP contribution >= 0.6 is 0 Å². The van der Waals surface area contributed by atoms with Gasteiger partial charge in [-0.25, -0.2) is 0 Å². The zero-order valence-corrected chi connectivity index (χ0v) is 10.0. The molecule has 0 amide bonds. The molecule has 0 aromatic heterocycles. The second-order valence-electron chi connectivity index (χ2n) is 5.84. The van der Waals surface area contributed by atoms with Gasteiger partial charge in [-0.2, -0.15) is 0 Å². The molecule has 0 spiro atoms. The average molecular weight is 210 g/mol. The van der Waals surface area contributed by atoms with Crippen molar-refractivity contribution >= 4 is 0 Å². The van der Waals surface area contributed by atoms with E-state index in [-0.39, 0.29) is 5.66 Å². The van der Waals surface area contributed by atoms with Crippen LogP contribution in [-0.2, 0) is 0 Å². The third-order valence-corrected chi connectivity index (χ3v) is 4.70. The van der Waals surface area contributed by atoms with E-state index >= 15 is 0 Å². The summed E-state index contributed by atoms with van der Waals surface area (Å²) in [5.74, 6) is 2.38. The lowest BCUT2D eigenvalue weighted by Crippen LogP contribution is -2.60. The number of hydrogen-bond acceptors (Lipinski definition) is 2. The van der Waals surface area contributed by atoms with E-state index in [0.717, 1.165) is 18.3 Å². The first-order chi connectivity index (χ1) is 7.13. The highest BCUT2D eigenvalue weighted by Crippen LogP contribution is 2.48. The molecule has 3 saturated carbocycles. The number of fused-ring (bicyclic) bond motifs is 3. The van der Waals surface area contributed by atoms with Gasteiger partial charge in [0.2, 0.25) is 0 Å². The largest absolute Gasteiger partial charge is 0.313 e. The normalized spacial score (nSPS) is 35.8. The molecule has 0 saturated heterocycles. The molecule has 0 aromatic carbocycles. The van der Waals surface area contributed by atoms with Gasteiger partial charge in [0.05, 0.1) is 5.66 Å². The maximum Gasteiger partial charge on any atom is 0.0668 e. The van der Waals surface area contributed by atoms with E-state index < -0.39 is 0 Å². The molecule has 0 aromatic rings. The van der Waals surface area contributed by atoms with Gasteiger partial charge < -0.3 is 11.5 Å². The summed E-state index contributed by atoms with van der Waals surface area (Å²) >= 11 is 0. The molecular formula is C13H26N2. The van der Waals surface area contributed by atoms with Crippen molar-refractivity contribution in [1.82, 2.24) is 0 Å². The van der Waals surface area contributed by atoms with Crippen LogP contribution in [0.5, 0.6) is 0 Å². The zero-order valence-electron chi connectivity index (χ0n) is 10.0. The van der Waals surface area contributed by atoms with Crippen LogP contribution in [0.15, 0.2) is 0 Å². The highest BCUT2D eigenvalue weighted by atomic mass is 15.0. The van der Waals surface area contributed by atoms with E-state index in [4.69, 9.17) is 11.5 Å². The standard InChI is InChI=1S/C13H26N2/c1-2-3-8-13(14,15)12-9-10-4-6-11(12)7-5-10/h10-12H,2-9,14-15H2,1H3. The van der Waals surface area contributed by atoms with E-state index in [1.165, 1.54) is 44.9 Å². The Labute approximate surface area is 93.8 Å². The summed E-state index contributed by atoms with van der Waals surface area (Å²) in [6.45, 7) is 2.21. The number of nitrogens with two attached hydrogens (primary N) is 2. The van der Waals surface area contributed by atoms with Gasteiger partial charge in [0.1, 0.15) is 0 Å². The summed E-state index contributed by atoms with van der Waals surface area (Å²) in [6.07, 6.45) is 10.3. The molecule has 3 aliphatic carbocycles. The molecule has 0 radical (unpaired) electrons. The summed E-state index contributed by atoms with van der Waals surface area (Å²) in [5.41, 5.74) is 12.3. The first kappa shape index (κ1) is 11.4. The summed E-state index contributed by atoms with van der Waals surface area (Å²) in [4.78, 5) is 0. The molecule has 3 fully saturated rings. The number of hydrogen-bond donors (Lipinski definition) is 2. The van der Waals surface area contributed by atoms with E-state index in [0.29, 0.717) is 5.92 Å². The first-order valence-electron chi connectivity index (χ1n) is 6.71. The van der Waals surface area contributed by atoms with E-state index in [2.05, 4.69) is 6.92 Å². The Morgan fingerprint density at radius 2 is 1.80 bits per heavy atom. The van der Waals surface area contributed by atoms with Crippen LogP contribution in [0.2, 0.25) is 0 Å². The molecule has 2 nitrogen and oxygen atoms in total. The Morgan fingerprint density at radius 3 is 2.27 bits per heavy atom. The predicted molar refractivity (Wildman–Crippen MR) is 64.2 cm³/mol. The third kappa shape index (κ3) is 2.36. The quantitative estimate of drug-likeness (QED) is 0.701. The van der Waals surface area contributed by atoms with Gasteiger partial charge >= 0.3 is 0 Å². The predicted octanol–water partition coefficient (Wildman–Crippen LogP) is 2.62. The first-order valence-corrected chi connectivity index (χ1v) is 6.71. The zero-order chi connectivity index (χ0) is 10.9. The molecule has 0 aliphatic heterocycles. The Kier molecular flexibility index (Phi) is 3.36. The van der Waals surface area contributed by atoms with Crippen LogP contribution in [0.4, 0.5) is 0 Å². The van der Waals surface area contributed by atoms with Crippen LogP contribution in [0.1, 0.15) is 58.3 Å². The maximum atomic E-state index is 6.34. The summed E-state index contributed by atoms with van der Waals surface area (Å²) in [5, 5.41) is 0. The van der Waals surface area contributed by atoms with Crippen molar-refractivity contribution in [3.05, 3.63) is 0 Å². The van der Waals surface area contributed by atoms with Crippen molar-refractivity contribution in [2.24, 2.45) is 29.2 Å². The lowest BCUT2D eigenvalue weighted by Gasteiger charge is -2.49. The molecule has 1 unspecified atom stereocenters. The maximum absolute atomic E-state index is 6.34. The van der Waals surface area contributed by atoms with Gasteiger partial charge in [-0.05, 0) is 43.4 Å². The van der Waals surface area contributed by atoms with Crippen LogP contribution in [-0.4, -0.2) is 5.66 Å². The fourth-order valence-electron chi connectivity index (χ4n) is 3.70. The summed E-state index contributed by atoms with van der Waals surface area (Å²) < 4.78 is 0. The topological polar surface area (TPSA) is 52.0 Å². The van der Waals surface area contributed by atoms with Crippen molar-refractivity contribution in [2.75, 3.05) is 0 Å². The van der Waals surface area contributed by atoms with Crippen molar-refractivity contribution in [1.29, 1.82) is 0 Å². The Morgan fingerprint density at radius 1 is 1.13 bits per heavy atom. The molecule has 2 heteroatoms. The molecule has 1 atom stereocenters. The molecule has 3 aliphatic rings. The number of unbranched alkanes of at least 4 members (excludes halogenated alkanes) is 1. The van der Waals surface area contributed by atoms with Crippen LogP contribution in [0, 0.1) is 17.8 Å². The fourth-order valence-corrected chi connectivity index (χ4v) is 3.70. The lowest BCUT2D eigenvalue weighted by molar-refractivity contribution is 0.0386. The van der Waals surface area contributed by atoms with E-state index in [9.17, 15) is 0 Å². The van der Waals surface area contributed by atoms with Crippen LogP contribution in [0.3, 0.4) is 0 Å². The monoisotopic (exact) mass is 210 g/mol. The molecule has 0 heterocycles. The molecule has 3 rings (SSSR count). The molecule has 4 N–H and O–H groups in total. The second-order valence-corrected chi connectivity index (χ2v) is 5.84.